The van der Waals surface area contributed by atoms with Gasteiger partial charge in [0.25, 0.3) is 0 Å². The lowest BCUT2D eigenvalue weighted by atomic mass is 10.2. The van der Waals surface area contributed by atoms with Gasteiger partial charge in [-0.25, -0.2) is 0 Å². The summed E-state index contributed by atoms with van der Waals surface area (Å²) in [5.74, 6) is -0.346. The number of azide groups is 1. The summed E-state index contributed by atoms with van der Waals surface area (Å²) in [4.78, 5) is 14.2. The zero-order chi connectivity index (χ0) is 12.6. The minimum atomic E-state index is -0.691. The number of hydrogen-bond donors (Lipinski definition) is 0. The van der Waals surface area contributed by atoms with Gasteiger partial charge in [-0.1, -0.05) is 24.3 Å². The van der Waals surface area contributed by atoms with Crippen molar-refractivity contribution in [2.75, 3.05) is 13.2 Å². The third-order valence-corrected chi connectivity index (χ3v) is 3.37. The van der Waals surface area contributed by atoms with Gasteiger partial charge in [0.1, 0.15) is 4.75 Å². The van der Waals surface area contributed by atoms with Gasteiger partial charge in [0.05, 0.1) is 13.2 Å². The van der Waals surface area contributed by atoms with Crippen LogP contribution in [-0.2, 0) is 9.53 Å². The summed E-state index contributed by atoms with van der Waals surface area (Å²) < 4.78 is 5.05. The van der Waals surface area contributed by atoms with Crippen molar-refractivity contribution < 1.29 is 9.53 Å². The largest absolute Gasteiger partial charge is 0.465 e. The Morgan fingerprint density at radius 3 is 2.75 bits per heavy atom. The lowest BCUT2D eigenvalue weighted by Crippen LogP contribution is -2.31. The smallest absolute Gasteiger partial charge is 0.322 e. The van der Waals surface area contributed by atoms with Crippen LogP contribution in [0.3, 0.4) is 0 Å². The maximum atomic E-state index is 11.6. The van der Waals surface area contributed by atoms with Crippen molar-refractivity contribution in [3.63, 3.8) is 0 Å². The molecule has 0 N–H and O–H groups in total. The van der Waals surface area contributed by atoms with E-state index in [0.29, 0.717) is 0 Å². The number of ether oxygens (including phenoxy) is 1. The summed E-state index contributed by atoms with van der Waals surface area (Å²) >= 11 is 6.39. The first-order valence-electron chi connectivity index (χ1n) is 4.84. The van der Waals surface area contributed by atoms with Crippen LogP contribution in [0.1, 0.15) is 27.2 Å². The van der Waals surface area contributed by atoms with Crippen LogP contribution in [0.5, 0.6) is 0 Å². The number of hydrogen-bond acceptors (Lipinski definition) is 5. The summed E-state index contributed by atoms with van der Waals surface area (Å²) in [7, 11) is 0. The molecule has 0 spiro atoms. The van der Waals surface area contributed by atoms with Crippen molar-refractivity contribution in [1.29, 1.82) is 0 Å². The maximum absolute atomic E-state index is 11.6. The molecule has 0 aromatic rings. The van der Waals surface area contributed by atoms with Gasteiger partial charge in [-0.3, -0.25) is 4.79 Å². The monoisotopic (exact) mass is 261 g/mol. The number of thiocarbonyl (C=S) groups is 1. The van der Waals surface area contributed by atoms with Crippen molar-refractivity contribution in [3.8, 4) is 0 Å². The van der Waals surface area contributed by atoms with Crippen molar-refractivity contribution in [2.24, 2.45) is 5.11 Å². The Morgan fingerprint density at radius 1 is 1.62 bits per heavy atom. The van der Waals surface area contributed by atoms with Crippen LogP contribution >= 0.6 is 24.0 Å². The molecule has 0 heterocycles. The Balaban J connectivity index is 4.13. The molecule has 0 aromatic heterocycles. The van der Waals surface area contributed by atoms with Gasteiger partial charge in [-0.2, -0.15) is 0 Å². The van der Waals surface area contributed by atoms with Crippen LogP contribution in [0.4, 0.5) is 0 Å². The summed E-state index contributed by atoms with van der Waals surface area (Å²) in [5.41, 5.74) is 8.04. The Bertz CT molecular complexity index is 312. The van der Waals surface area contributed by atoms with Crippen LogP contribution in [-0.4, -0.2) is 28.1 Å². The molecule has 0 fully saturated rings. The van der Waals surface area contributed by atoms with E-state index in [-0.39, 0.29) is 19.1 Å². The summed E-state index contributed by atoms with van der Waals surface area (Å²) in [6, 6.07) is 0. The molecule has 0 atom stereocenters. The molecule has 0 amide bonds. The Kier molecular flexibility index (Phi) is 7.12. The molecule has 0 aliphatic rings. The van der Waals surface area contributed by atoms with E-state index < -0.39 is 4.75 Å². The average Bonchev–Trinajstić information content (AvgIpc) is 2.23. The fourth-order valence-corrected chi connectivity index (χ4v) is 2.28. The van der Waals surface area contributed by atoms with Gasteiger partial charge in [-0.05, 0) is 25.8 Å². The van der Waals surface area contributed by atoms with E-state index in [1.54, 1.807) is 13.8 Å². The van der Waals surface area contributed by atoms with Gasteiger partial charge in [0.15, 0.2) is 0 Å². The van der Waals surface area contributed by atoms with Gasteiger partial charge in [0.2, 0.25) is 0 Å². The number of nitrogens with zero attached hydrogens (tertiary/aromatic N) is 3. The van der Waals surface area contributed by atoms with Crippen LogP contribution in [0, 0.1) is 0 Å². The second-order valence-electron chi connectivity index (χ2n) is 3.43. The third kappa shape index (κ3) is 5.95. The first-order chi connectivity index (χ1) is 7.44. The normalized spacial score (nSPS) is 10.4. The molecule has 0 aromatic carbocycles. The van der Waals surface area contributed by atoms with Crippen molar-refractivity contribution in [1.82, 2.24) is 0 Å². The minimum absolute atomic E-state index is 0.103. The summed E-state index contributed by atoms with van der Waals surface area (Å²) in [6.07, 6.45) is 0.745. The molecule has 0 aliphatic carbocycles. The highest BCUT2D eigenvalue weighted by Crippen LogP contribution is 2.28. The fourth-order valence-electron chi connectivity index (χ4n) is 0.796. The van der Waals surface area contributed by atoms with Crippen LogP contribution in [0.15, 0.2) is 5.11 Å². The molecule has 5 nitrogen and oxygen atoms in total. The maximum Gasteiger partial charge on any atom is 0.322 e. The summed E-state index contributed by atoms with van der Waals surface area (Å²) in [6.45, 7) is 5.72. The molecular formula is C9H15N3O2S2. The predicted octanol–water partition coefficient (Wildman–Crippen LogP) is 3.09. The Labute approximate surface area is 105 Å². The number of carbonyl (C=O) groups excluding carboxylic acids is 1. The van der Waals surface area contributed by atoms with E-state index in [2.05, 4.69) is 10.0 Å². The quantitative estimate of drug-likeness (QED) is 0.184. The van der Waals surface area contributed by atoms with Crippen molar-refractivity contribution in [3.05, 3.63) is 10.4 Å². The van der Waals surface area contributed by atoms with E-state index in [1.807, 2.05) is 6.92 Å². The summed E-state index contributed by atoms with van der Waals surface area (Å²) in [5, 5.41) is 3.27. The van der Waals surface area contributed by atoms with E-state index in [0.717, 1.165) is 10.6 Å². The molecule has 0 saturated heterocycles. The van der Waals surface area contributed by atoms with Gasteiger partial charge in [-0.15, -0.1) is 11.8 Å². The van der Waals surface area contributed by atoms with Crippen molar-refractivity contribution in [2.45, 2.75) is 31.9 Å². The van der Waals surface area contributed by atoms with Crippen LogP contribution in [0.25, 0.3) is 10.4 Å². The van der Waals surface area contributed by atoms with Gasteiger partial charge < -0.3 is 4.74 Å². The van der Waals surface area contributed by atoms with Gasteiger partial charge >= 0.3 is 5.97 Å². The van der Waals surface area contributed by atoms with E-state index in [1.165, 1.54) is 11.8 Å². The lowest BCUT2D eigenvalue weighted by Gasteiger charge is -2.21. The zero-order valence-corrected chi connectivity index (χ0v) is 11.2. The highest BCUT2D eigenvalue weighted by Gasteiger charge is 2.31. The van der Waals surface area contributed by atoms with Gasteiger partial charge in [0, 0.05) is 9.11 Å². The molecule has 0 bridgehead atoms. The van der Waals surface area contributed by atoms with E-state index in [4.69, 9.17) is 22.5 Å². The molecule has 0 unspecified atom stereocenters. The number of carbonyl (C=O) groups is 1. The SMILES string of the molecule is CCC(=S)SC(C)(C)C(=O)OCCN=[N+]=[N-]. The Hall–Kier alpha value is -0.780. The third-order valence-electron chi connectivity index (χ3n) is 1.64. The van der Waals surface area contributed by atoms with Crippen LogP contribution in [0.2, 0.25) is 0 Å². The highest BCUT2D eigenvalue weighted by molar-refractivity contribution is 8.24. The van der Waals surface area contributed by atoms with E-state index in [9.17, 15) is 4.79 Å². The molecule has 7 heteroatoms. The first kappa shape index (κ1) is 15.2. The van der Waals surface area contributed by atoms with E-state index >= 15 is 0 Å². The Morgan fingerprint density at radius 2 is 2.25 bits per heavy atom. The topological polar surface area (TPSA) is 75.1 Å². The number of rotatable bonds is 6. The van der Waals surface area contributed by atoms with Crippen LogP contribution < -0.4 is 0 Å². The predicted molar refractivity (Wildman–Crippen MR) is 69.5 cm³/mol. The molecule has 90 valence electrons. The molecule has 0 rings (SSSR count). The molecule has 0 radical (unpaired) electrons. The second-order valence-corrected chi connectivity index (χ2v) is 5.90. The first-order valence-corrected chi connectivity index (χ1v) is 6.06. The fraction of sp³-hybridized carbons (Fsp3) is 0.778. The highest BCUT2D eigenvalue weighted by atomic mass is 32.2. The standard InChI is InChI=1S/C9H15N3O2S2/c1-4-7(15)16-9(2,3)8(13)14-6-5-11-12-10/h4-6H2,1-3H3. The molecule has 0 aliphatic heterocycles. The lowest BCUT2D eigenvalue weighted by molar-refractivity contribution is -0.145. The molecule has 0 saturated carbocycles. The average molecular weight is 261 g/mol. The molecular weight excluding hydrogens is 246 g/mol. The number of esters is 1. The molecule has 16 heavy (non-hydrogen) atoms. The minimum Gasteiger partial charge on any atom is -0.465 e. The second kappa shape index (κ2) is 7.49. The number of thioether (sulfide) groups is 1. The van der Waals surface area contributed by atoms with Crippen molar-refractivity contribution >= 4 is 34.1 Å². The zero-order valence-electron chi connectivity index (χ0n) is 9.60.